The number of pyridine rings is 1. The lowest BCUT2D eigenvalue weighted by atomic mass is 10.1. The van der Waals surface area contributed by atoms with Gasteiger partial charge in [0, 0.05) is 24.3 Å². The minimum absolute atomic E-state index is 0.0776. The number of rotatable bonds is 8. The van der Waals surface area contributed by atoms with Crippen molar-refractivity contribution in [1.82, 2.24) is 15.6 Å². The van der Waals surface area contributed by atoms with E-state index in [-0.39, 0.29) is 23.6 Å². The Morgan fingerprint density at radius 1 is 1.19 bits per heavy atom. The number of carbonyl (C=O) groups excluding carboxylic acids is 2. The van der Waals surface area contributed by atoms with Gasteiger partial charge in [-0.15, -0.1) is 0 Å². The molecule has 1 aromatic carbocycles. The fourth-order valence-electron chi connectivity index (χ4n) is 2.42. The van der Waals surface area contributed by atoms with Crippen LogP contribution in [0.5, 0.6) is 5.75 Å². The maximum Gasteiger partial charge on any atom is 0.269 e. The molecule has 138 valence electrons. The molecule has 1 aromatic heterocycles. The Labute approximate surface area is 154 Å². The van der Waals surface area contributed by atoms with Crippen LogP contribution >= 0.6 is 0 Å². The van der Waals surface area contributed by atoms with E-state index in [1.54, 1.807) is 13.2 Å². The smallest absolute Gasteiger partial charge is 0.269 e. The Kier molecular flexibility index (Phi) is 7.14. The molecule has 2 rings (SSSR count). The van der Waals surface area contributed by atoms with Crippen molar-refractivity contribution < 1.29 is 14.3 Å². The van der Waals surface area contributed by atoms with Crippen LogP contribution in [0.3, 0.4) is 0 Å². The van der Waals surface area contributed by atoms with Crippen LogP contribution in [0.4, 0.5) is 0 Å². The number of nitrogens with one attached hydrogen (secondary N) is 2. The maximum absolute atomic E-state index is 12.3. The van der Waals surface area contributed by atoms with Crippen molar-refractivity contribution in [2.75, 3.05) is 13.7 Å². The van der Waals surface area contributed by atoms with Gasteiger partial charge in [-0.05, 0) is 43.5 Å². The second-order valence-electron chi connectivity index (χ2n) is 6.03. The zero-order chi connectivity index (χ0) is 18.9. The van der Waals surface area contributed by atoms with Gasteiger partial charge in [-0.2, -0.15) is 0 Å². The second-order valence-corrected chi connectivity index (χ2v) is 6.03. The van der Waals surface area contributed by atoms with E-state index in [9.17, 15) is 9.59 Å². The average molecular weight is 355 g/mol. The van der Waals surface area contributed by atoms with Crippen molar-refractivity contribution >= 4 is 11.8 Å². The third-order valence-electron chi connectivity index (χ3n) is 4.12. The van der Waals surface area contributed by atoms with Gasteiger partial charge in [0.05, 0.1) is 7.11 Å². The number of carbonyl (C=O) groups is 2. The van der Waals surface area contributed by atoms with Crippen LogP contribution in [-0.4, -0.2) is 36.5 Å². The van der Waals surface area contributed by atoms with E-state index in [0.717, 1.165) is 17.7 Å². The van der Waals surface area contributed by atoms with E-state index in [4.69, 9.17) is 4.74 Å². The van der Waals surface area contributed by atoms with Crippen LogP contribution in [-0.2, 0) is 6.42 Å². The normalized spacial score (nSPS) is 11.5. The SMILES string of the molecule is CCC(C)NC(=O)c1ccnc(C(=O)NCCc2ccccc2OC)c1. The lowest BCUT2D eigenvalue weighted by Crippen LogP contribution is -2.32. The zero-order valence-corrected chi connectivity index (χ0v) is 15.4. The first-order valence-electron chi connectivity index (χ1n) is 8.72. The molecular formula is C20H25N3O3. The Hall–Kier alpha value is -2.89. The molecule has 1 unspecified atom stereocenters. The Balaban J connectivity index is 1.95. The fraction of sp³-hybridized carbons (Fsp3) is 0.350. The van der Waals surface area contributed by atoms with Crippen LogP contribution in [0.25, 0.3) is 0 Å². The summed E-state index contributed by atoms with van der Waals surface area (Å²) in [6.45, 7) is 4.38. The van der Waals surface area contributed by atoms with Crippen LogP contribution < -0.4 is 15.4 Å². The van der Waals surface area contributed by atoms with Gasteiger partial charge in [0.15, 0.2) is 0 Å². The largest absolute Gasteiger partial charge is 0.496 e. The highest BCUT2D eigenvalue weighted by molar-refractivity contribution is 5.98. The van der Waals surface area contributed by atoms with E-state index in [2.05, 4.69) is 15.6 Å². The maximum atomic E-state index is 12.3. The molecule has 1 atom stereocenters. The molecule has 0 spiro atoms. The lowest BCUT2D eigenvalue weighted by molar-refractivity contribution is 0.0939. The number of methoxy groups -OCH3 is 1. The molecule has 0 aliphatic rings. The second kappa shape index (κ2) is 9.56. The van der Waals surface area contributed by atoms with Crippen LogP contribution in [0.1, 0.15) is 46.7 Å². The van der Waals surface area contributed by atoms with Crippen molar-refractivity contribution in [3.63, 3.8) is 0 Å². The number of para-hydroxylation sites is 1. The molecule has 6 heteroatoms. The number of hydrogen-bond donors (Lipinski definition) is 2. The summed E-state index contributed by atoms with van der Waals surface area (Å²) in [5.74, 6) is 0.284. The predicted octanol–water partition coefficient (Wildman–Crippen LogP) is 2.59. The topological polar surface area (TPSA) is 80.3 Å². The molecule has 0 saturated carbocycles. The van der Waals surface area contributed by atoms with Crippen molar-refractivity contribution in [3.8, 4) is 5.75 Å². The van der Waals surface area contributed by atoms with Gasteiger partial charge < -0.3 is 15.4 Å². The molecule has 0 saturated heterocycles. The molecule has 1 heterocycles. The molecule has 0 fully saturated rings. The highest BCUT2D eigenvalue weighted by Gasteiger charge is 2.13. The van der Waals surface area contributed by atoms with Crippen LogP contribution in [0.2, 0.25) is 0 Å². The molecule has 2 aromatic rings. The van der Waals surface area contributed by atoms with Gasteiger partial charge in [-0.25, -0.2) is 0 Å². The highest BCUT2D eigenvalue weighted by atomic mass is 16.5. The summed E-state index contributed by atoms with van der Waals surface area (Å²) in [6, 6.07) is 10.9. The molecule has 26 heavy (non-hydrogen) atoms. The van der Waals surface area contributed by atoms with E-state index >= 15 is 0 Å². The number of ether oxygens (including phenoxy) is 1. The molecule has 0 aliphatic heterocycles. The van der Waals surface area contributed by atoms with Crippen molar-refractivity contribution in [3.05, 3.63) is 59.4 Å². The molecule has 0 radical (unpaired) electrons. The number of amides is 2. The number of nitrogens with zero attached hydrogens (tertiary/aromatic N) is 1. The third kappa shape index (κ3) is 5.31. The number of aromatic nitrogens is 1. The lowest BCUT2D eigenvalue weighted by Gasteiger charge is -2.12. The quantitative estimate of drug-likeness (QED) is 0.763. The number of hydrogen-bond acceptors (Lipinski definition) is 4. The van der Waals surface area contributed by atoms with Crippen molar-refractivity contribution in [2.24, 2.45) is 0 Å². The minimum atomic E-state index is -0.307. The molecule has 6 nitrogen and oxygen atoms in total. The van der Waals surface area contributed by atoms with Crippen LogP contribution in [0, 0.1) is 0 Å². The molecule has 0 bridgehead atoms. The Morgan fingerprint density at radius 3 is 2.69 bits per heavy atom. The summed E-state index contributed by atoms with van der Waals surface area (Å²) < 4.78 is 5.30. The van der Waals surface area contributed by atoms with E-state index in [1.807, 2.05) is 38.1 Å². The highest BCUT2D eigenvalue weighted by Crippen LogP contribution is 2.17. The van der Waals surface area contributed by atoms with E-state index < -0.39 is 0 Å². The average Bonchev–Trinajstić information content (AvgIpc) is 2.68. The van der Waals surface area contributed by atoms with Gasteiger partial charge >= 0.3 is 0 Å². The summed E-state index contributed by atoms with van der Waals surface area (Å²) in [5.41, 5.74) is 1.67. The van der Waals surface area contributed by atoms with Gasteiger partial charge in [-0.3, -0.25) is 14.6 Å². The summed E-state index contributed by atoms with van der Waals surface area (Å²) in [6.07, 6.45) is 2.96. The van der Waals surface area contributed by atoms with Gasteiger partial charge in [0.2, 0.25) is 0 Å². The first kappa shape index (κ1) is 19.4. The fourth-order valence-corrected chi connectivity index (χ4v) is 2.42. The summed E-state index contributed by atoms with van der Waals surface area (Å²) in [7, 11) is 1.62. The van der Waals surface area contributed by atoms with Crippen LogP contribution in [0.15, 0.2) is 42.6 Å². The summed E-state index contributed by atoms with van der Waals surface area (Å²) >= 11 is 0. The van der Waals surface area contributed by atoms with Crippen molar-refractivity contribution in [1.29, 1.82) is 0 Å². The first-order valence-corrected chi connectivity index (χ1v) is 8.72. The van der Waals surface area contributed by atoms with Gasteiger partial charge in [0.25, 0.3) is 11.8 Å². The Morgan fingerprint density at radius 2 is 1.96 bits per heavy atom. The monoisotopic (exact) mass is 355 g/mol. The summed E-state index contributed by atoms with van der Waals surface area (Å²) in [5, 5.41) is 5.71. The summed E-state index contributed by atoms with van der Waals surface area (Å²) in [4.78, 5) is 28.5. The standard InChI is InChI=1S/C20H25N3O3/c1-4-14(2)23-19(24)16-10-11-21-17(13-16)20(25)22-12-9-15-7-5-6-8-18(15)26-3/h5-8,10-11,13-14H,4,9,12H2,1-3H3,(H,22,25)(H,23,24). The van der Waals surface area contributed by atoms with E-state index in [0.29, 0.717) is 18.5 Å². The Bertz CT molecular complexity index is 761. The zero-order valence-electron chi connectivity index (χ0n) is 15.4. The third-order valence-corrected chi connectivity index (χ3v) is 4.12. The van der Waals surface area contributed by atoms with Crippen molar-refractivity contribution in [2.45, 2.75) is 32.7 Å². The van der Waals surface area contributed by atoms with Gasteiger partial charge in [-0.1, -0.05) is 25.1 Å². The molecule has 2 N–H and O–H groups in total. The van der Waals surface area contributed by atoms with Gasteiger partial charge in [0.1, 0.15) is 11.4 Å². The molecular weight excluding hydrogens is 330 g/mol. The van der Waals surface area contributed by atoms with E-state index in [1.165, 1.54) is 12.3 Å². The first-order chi connectivity index (χ1) is 12.5. The molecule has 2 amide bonds. The minimum Gasteiger partial charge on any atom is -0.496 e. The molecule has 0 aliphatic carbocycles. The predicted molar refractivity (Wildman–Crippen MR) is 100 cm³/mol. The number of benzene rings is 1.